The Morgan fingerprint density at radius 1 is 1.00 bits per heavy atom. The van der Waals surface area contributed by atoms with Crippen molar-refractivity contribution < 1.29 is 14.3 Å². The lowest BCUT2D eigenvalue weighted by Crippen LogP contribution is -2.49. The van der Waals surface area contributed by atoms with Crippen molar-refractivity contribution in [1.29, 1.82) is 0 Å². The molecule has 2 aromatic carbocycles. The molecule has 172 valence electrons. The molecule has 0 N–H and O–H groups in total. The Balaban J connectivity index is 1.32. The van der Waals surface area contributed by atoms with Crippen LogP contribution in [0.4, 0.5) is 5.69 Å². The summed E-state index contributed by atoms with van der Waals surface area (Å²) in [6.07, 6.45) is 3.21. The van der Waals surface area contributed by atoms with Gasteiger partial charge in [-0.25, -0.2) is 9.97 Å². The molecule has 8 heteroatoms. The molecule has 4 rings (SSSR count). The number of aryl methyl sites for hydroxylation is 1. The van der Waals surface area contributed by atoms with Crippen molar-refractivity contribution in [3.63, 3.8) is 0 Å². The number of hydrogen-bond acceptors (Lipinski definition) is 7. The van der Waals surface area contributed by atoms with Crippen LogP contribution in [0.1, 0.15) is 12.5 Å². The quantitative estimate of drug-likeness (QED) is 0.457. The zero-order valence-corrected chi connectivity index (χ0v) is 19.8. The number of ether oxygens (including phenoxy) is 2. The van der Waals surface area contributed by atoms with E-state index in [2.05, 4.69) is 20.9 Å². The van der Waals surface area contributed by atoms with Crippen LogP contribution in [0.3, 0.4) is 0 Å². The number of hydrogen-bond donors (Lipinski definition) is 0. The lowest BCUT2D eigenvalue weighted by Gasteiger charge is -2.36. The number of thioether (sulfide) groups is 1. The highest BCUT2D eigenvalue weighted by atomic mass is 32.2. The number of anilines is 1. The van der Waals surface area contributed by atoms with E-state index in [1.165, 1.54) is 11.8 Å². The van der Waals surface area contributed by atoms with E-state index in [0.29, 0.717) is 42.1 Å². The summed E-state index contributed by atoms with van der Waals surface area (Å²) in [5, 5.41) is 0.607. The highest BCUT2D eigenvalue weighted by Gasteiger charge is 2.23. The number of carbonyl (C=O) groups is 1. The maximum Gasteiger partial charge on any atom is 0.252 e. The van der Waals surface area contributed by atoms with Gasteiger partial charge in [0.25, 0.3) is 5.88 Å². The summed E-state index contributed by atoms with van der Waals surface area (Å²) in [6, 6.07) is 15.8. The van der Waals surface area contributed by atoms with Crippen LogP contribution in [0.25, 0.3) is 0 Å². The molecular formula is C25H28N4O3S. The molecule has 33 heavy (non-hydrogen) atoms. The summed E-state index contributed by atoms with van der Waals surface area (Å²) in [6.45, 7) is 7.53. The van der Waals surface area contributed by atoms with Crippen LogP contribution < -0.4 is 14.4 Å². The molecule has 0 atom stereocenters. The lowest BCUT2D eigenvalue weighted by atomic mass is 10.2. The van der Waals surface area contributed by atoms with Crippen molar-refractivity contribution in [3.8, 4) is 17.4 Å². The maximum absolute atomic E-state index is 12.9. The first-order chi connectivity index (χ1) is 16.1. The Kier molecular flexibility index (Phi) is 7.67. The van der Waals surface area contributed by atoms with Gasteiger partial charge in [-0.1, -0.05) is 41.6 Å². The van der Waals surface area contributed by atoms with Gasteiger partial charge in [0.1, 0.15) is 11.5 Å². The van der Waals surface area contributed by atoms with Crippen LogP contribution in [-0.4, -0.2) is 59.3 Å². The minimum atomic E-state index is 0.0877. The minimum absolute atomic E-state index is 0.0877. The number of benzene rings is 2. The number of amides is 1. The highest BCUT2D eigenvalue weighted by Crippen LogP contribution is 2.30. The summed E-state index contributed by atoms with van der Waals surface area (Å²) in [7, 11) is 0. The molecule has 0 bridgehead atoms. The van der Waals surface area contributed by atoms with E-state index >= 15 is 0 Å². The molecule has 1 aromatic heterocycles. The predicted octanol–water partition coefficient (Wildman–Crippen LogP) is 4.42. The molecule has 1 aliphatic heterocycles. The number of para-hydroxylation sites is 2. The third-order valence-electron chi connectivity index (χ3n) is 5.34. The molecule has 0 spiro atoms. The molecule has 0 aliphatic carbocycles. The molecule has 1 fully saturated rings. The molecule has 0 saturated carbocycles. The Hall–Kier alpha value is -3.26. The third kappa shape index (κ3) is 5.96. The van der Waals surface area contributed by atoms with Crippen LogP contribution in [0.2, 0.25) is 0 Å². The zero-order chi connectivity index (χ0) is 23.0. The van der Waals surface area contributed by atoms with Gasteiger partial charge in [-0.2, -0.15) is 0 Å². The van der Waals surface area contributed by atoms with E-state index < -0.39 is 0 Å². The fourth-order valence-corrected chi connectivity index (χ4v) is 4.41. The topological polar surface area (TPSA) is 67.8 Å². The van der Waals surface area contributed by atoms with Gasteiger partial charge in [-0.3, -0.25) is 4.79 Å². The zero-order valence-electron chi connectivity index (χ0n) is 18.9. The Morgan fingerprint density at radius 2 is 1.73 bits per heavy atom. The lowest BCUT2D eigenvalue weighted by molar-refractivity contribution is -0.128. The van der Waals surface area contributed by atoms with Crippen molar-refractivity contribution in [3.05, 3.63) is 66.5 Å². The Morgan fingerprint density at radius 3 is 2.48 bits per heavy atom. The maximum atomic E-state index is 12.9. The van der Waals surface area contributed by atoms with Crippen molar-refractivity contribution in [1.82, 2.24) is 14.9 Å². The molecule has 1 amide bonds. The molecule has 3 aromatic rings. The fourth-order valence-electron chi connectivity index (χ4n) is 3.61. The van der Waals surface area contributed by atoms with E-state index in [-0.39, 0.29) is 5.91 Å². The Labute approximate surface area is 198 Å². The van der Waals surface area contributed by atoms with E-state index in [1.54, 1.807) is 12.4 Å². The number of rotatable bonds is 8. The van der Waals surface area contributed by atoms with Gasteiger partial charge >= 0.3 is 0 Å². The molecule has 0 unspecified atom stereocenters. The van der Waals surface area contributed by atoms with E-state index in [1.807, 2.05) is 61.2 Å². The van der Waals surface area contributed by atoms with Gasteiger partial charge < -0.3 is 19.3 Å². The first kappa shape index (κ1) is 22.9. The van der Waals surface area contributed by atoms with Gasteiger partial charge in [-0.05, 0) is 38.1 Å². The molecule has 7 nitrogen and oxygen atoms in total. The molecule has 1 aliphatic rings. The second-order valence-electron chi connectivity index (χ2n) is 7.64. The first-order valence-electron chi connectivity index (χ1n) is 11.1. The van der Waals surface area contributed by atoms with E-state index in [9.17, 15) is 4.79 Å². The van der Waals surface area contributed by atoms with E-state index in [0.717, 1.165) is 30.1 Å². The third-order valence-corrected chi connectivity index (χ3v) is 6.28. The molecule has 1 saturated heterocycles. The summed E-state index contributed by atoms with van der Waals surface area (Å²) >= 11 is 1.35. The molecule has 0 radical (unpaired) electrons. The Bertz CT molecular complexity index is 1070. The standard InChI is InChI=1S/C25H28N4O3S/c1-3-31-22-7-5-4-6-21(22)28-14-16-29(17-15-28)23(30)18-33-25-24(26-12-13-27-25)32-20-10-8-19(2)9-11-20/h4-13H,3,14-18H2,1-2H3. The second kappa shape index (κ2) is 11.0. The number of aromatic nitrogens is 2. The normalized spacial score (nSPS) is 13.6. The van der Waals surface area contributed by atoms with Gasteiger partial charge in [-0.15, -0.1) is 0 Å². The fraction of sp³-hybridized carbons (Fsp3) is 0.320. The predicted molar refractivity (Wildman–Crippen MR) is 130 cm³/mol. The summed E-state index contributed by atoms with van der Waals surface area (Å²) in [4.78, 5) is 25.7. The van der Waals surface area contributed by atoms with Crippen molar-refractivity contribution in [2.75, 3.05) is 43.4 Å². The van der Waals surface area contributed by atoms with Gasteiger partial charge in [0.2, 0.25) is 5.91 Å². The summed E-state index contributed by atoms with van der Waals surface area (Å²) < 4.78 is 11.7. The van der Waals surface area contributed by atoms with Crippen LogP contribution in [0.5, 0.6) is 17.4 Å². The average molecular weight is 465 g/mol. The monoisotopic (exact) mass is 464 g/mol. The van der Waals surface area contributed by atoms with Crippen LogP contribution in [0.15, 0.2) is 66.0 Å². The van der Waals surface area contributed by atoms with Crippen molar-refractivity contribution in [2.45, 2.75) is 18.9 Å². The molecule has 2 heterocycles. The molecular weight excluding hydrogens is 436 g/mol. The van der Waals surface area contributed by atoms with Gasteiger partial charge in [0, 0.05) is 38.6 Å². The number of piperazine rings is 1. The number of nitrogens with zero attached hydrogens (tertiary/aromatic N) is 4. The minimum Gasteiger partial charge on any atom is -0.492 e. The second-order valence-corrected chi connectivity index (χ2v) is 8.60. The van der Waals surface area contributed by atoms with Gasteiger partial charge in [0.05, 0.1) is 18.0 Å². The first-order valence-corrected chi connectivity index (χ1v) is 12.1. The van der Waals surface area contributed by atoms with Crippen LogP contribution in [0, 0.1) is 6.92 Å². The van der Waals surface area contributed by atoms with Crippen molar-refractivity contribution in [2.24, 2.45) is 0 Å². The summed E-state index contributed by atoms with van der Waals surface area (Å²) in [5.74, 6) is 2.37. The number of carbonyl (C=O) groups excluding carboxylic acids is 1. The smallest absolute Gasteiger partial charge is 0.252 e. The van der Waals surface area contributed by atoms with E-state index in [4.69, 9.17) is 9.47 Å². The summed E-state index contributed by atoms with van der Waals surface area (Å²) in [5.41, 5.74) is 2.24. The largest absolute Gasteiger partial charge is 0.492 e. The van der Waals surface area contributed by atoms with Crippen molar-refractivity contribution >= 4 is 23.4 Å². The van der Waals surface area contributed by atoms with Crippen LogP contribution >= 0.6 is 11.8 Å². The average Bonchev–Trinajstić information content (AvgIpc) is 2.85. The van der Waals surface area contributed by atoms with Crippen LogP contribution in [-0.2, 0) is 4.79 Å². The SMILES string of the molecule is CCOc1ccccc1N1CCN(C(=O)CSc2nccnc2Oc2ccc(C)cc2)CC1. The van der Waals surface area contributed by atoms with Gasteiger partial charge in [0.15, 0.2) is 5.03 Å². The highest BCUT2D eigenvalue weighted by molar-refractivity contribution is 8.00.